The van der Waals surface area contributed by atoms with Crippen molar-refractivity contribution in [2.75, 3.05) is 0 Å². The van der Waals surface area contributed by atoms with Crippen molar-refractivity contribution >= 4 is 17.9 Å². The minimum absolute atomic E-state index is 0.649. The molecular weight excluding hydrogens is 256 g/mol. The minimum Gasteiger partial charge on any atom is -0.298 e. The van der Waals surface area contributed by atoms with Crippen molar-refractivity contribution in [3.05, 3.63) is 58.6 Å². The lowest BCUT2D eigenvalue weighted by molar-refractivity contribution is 0.112. The van der Waals surface area contributed by atoms with Gasteiger partial charge in [-0.25, -0.2) is 0 Å². The van der Waals surface area contributed by atoms with Gasteiger partial charge in [0, 0.05) is 10.6 Å². The van der Waals surface area contributed by atoms with Gasteiger partial charge in [0.2, 0.25) is 0 Å². The van der Waals surface area contributed by atoms with Crippen LogP contribution in [0.1, 0.15) is 35.7 Å². The lowest BCUT2D eigenvalue weighted by Crippen LogP contribution is -1.89. The second-order valence-electron chi connectivity index (χ2n) is 4.65. The van der Waals surface area contributed by atoms with E-state index < -0.39 is 0 Å². The highest BCUT2D eigenvalue weighted by Gasteiger charge is 2.05. The molecule has 0 saturated carbocycles. The van der Waals surface area contributed by atoms with E-state index in [4.69, 9.17) is 11.6 Å². The van der Waals surface area contributed by atoms with Crippen LogP contribution in [-0.4, -0.2) is 6.29 Å². The first-order chi connectivity index (χ1) is 9.24. The molecule has 0 atom stereocenters. The SMILES string of the molecule is CCCCc1ccc(-c2cc(Cl)ccc2C=O)cc1. The fourth-order valence-electron chi connectivity index (χ4n) is 2.11. The Morgan fingerprint density at radius 3 is 2.47 bits per heavy atom. The van der Waals surface area contributed by atoms with Crippen molar-refractivity contribution in [3.8, 4) is 11.1 Å². The molecule has 0 radical (unpaired) electrons. The summed E-state index contributed by atoms with van der Waals surface area (Å²) < 4.78 is 0. The van der Waals surface area contributed by atoms with E-state index in [1.807, 2.05) is 6.07 Å². The van der Waals surface area contributed by atoms with Gasteiger partial charge >= 0.3 is 0 Å². The number of halogens is 1. The summed E-state index contributed by atoms with van der Waals surface area (Å²) >= 11 is 6.01. The van der Waals surface area contributed by atoms with Crippen LogP contribution in [0.4, 0.5) is 0 Å². The largest absolute Gasteiger partial charge is 0.298 e. The number of aryl methyl sites for hydroxylation is 1. The number of aldehydes is 1. The van der Waals surface area contributed by atoms with Crippen molar-refractivity contribution in [3.63, 3.8) is 0 Å². The van der Waals surface area contributed by atoms with E-state index in [9.17, 15) is 4.79 Å². The normalized spacial score (nSPS) is 10.4. The lowest BCUT2D eigenvalue weighted by atomic mass is 9.98. The summed E-state index contributed by atoms with van der Waals surface area (Å²) in [5, 5.41) is 0.649. The molecule has 0 heterocycles. The maximum absolute atomic E-state index is 11.1. The van der Waals surface area contributed by atoms with E-state index in [0.717, 1.165) is 23.8 Å². The zero-order valence-corrected chi connectivity index (χ0v) is 11.8. The summed E-state index contributed by atoms with van der Waals surface area (Å²) in [5.41, 5.74) is 3.93. The Bertz CT molecular complexity index is 558. The molecule has 98 valence electrons. The number of unbranched alkanes of at least 4 members (excludes halogenated alkanes) is 1. The summed E-state index contributed by atoms with van der Waals surface area (Å²) in [6.45, 7) is 2.19. The van der Waals surface area contributed by atoms with Crippen LogP contribution in [0, 0.1) is 0 Å². The Kier molecular flexibility index (Phi) is 4.75. The molecule has 2 heteroatoms. The summed E-state index contributed by atoms with van der Waals surface area (Å²) in [6, 6.07) is 13.7. The average molecular weight is 273 g/mol. The maximum Gasteiger partial charge on any atom is 0.150 e. The highest BCUT2D eigenvalue weighted by atomic mass is 35.5. The van der Waals surface area contributed by atoms with Crippen LogP contribution in [0.3, 0.4) is 0 Å². The molecule has 0 fully saturated rings. The van der Waals surface area contributed by atoms with Crippen molar-refractivity contribution in [1.82, 2.24) is 0 Å². The predicted molar refractivity (Wildman–Crippen MR) is 80.9 cm³/mol. The topological polar surface area (TPSA) is 17.1 Å². The van der Waals surface area contributed by atoms with Crippen molar-refractivity contribution < 1.29 is 4.79 Å². The van der Waals surface area contributed by atoms with Gasteiger partial charge in [0.1, 0.15) is 0 Å². The number of carbonyl (C=O) groups excluding carboxylic acids is 1. The summed E-state index contributed by atoms with van der Waals surface area (Å²) in [6.07, 6.45) is 4.38. The highest BCUT2D eigenvalue weighted by molar-refractivity contribution is 6.31. The average Bonchev–Trinajstić information content (AvgIpc) is 2.45. The second kappa shape index (κ2) is 6.53. The molecule has 0 aliphatic carbocycles. The molecule has 0 aliphatic rings. The first-order valence-corrected chi connectivity index (χ1v) is 6.96. The molecule has 19 heavy (non-hydrogen) atoms. The number of rotatable bonds is 5. The molecule has 0 spiro atoms. The lowest BCUT2D eigenvalue weighted by Gasteiger charge is -2.07. The second-order valence-corrected chi connectivity index (χ2v) is 5.09. The molecule has 0 N–H and O–H groups in total. The van der Waals surface area contributed by atoms with Crippen molar-refractivity contribution in [1.29, 1.82) is 0 Å². The van der Waals surface area contributed by atoms with Crippen LogP contribution in [0.15, 0.2) is 42.5 Å². The standard InChI is InChI=1S/C17H17ClO/c1-2-3-4-13-5-7-14(8-6-13)17-11-16(18)10-9-15(17)12-19/h5-12H,2-4H2,1H3. The number of carbonyl (C=O) groups is 1. The van der Waals surface area contributed by atoms with Gasteiger partial charge in [0.15, 0.2) is 6.29 Å². The zero-order chi connectivity index (χ0) is 13.7. The quantitative estimate of drug-likeness (QED) is 0.687. The van der Waals surface area contributed by atoms with Crippen LogP contribution in [0.2, 0.25) is 5.02 Å². The monoisotopic (exact) mass is 272 g/mol. The molecule has 2 aromatic carbocycles. The molecule has 0 aromatic heterocycles. The van der Waals surface area contributed by atoms with Crippen molar-refractivity contribution in [2.24, 2.45) is 0 Å². The minimum atomic E-state index is 0.649. The maximum atomic E-state index is 11.1. The third-order valence-electron chi connectivity index (χ3n) is 3.23. The van der Waals surface area contributed by atoms with Gasteiger partial charge in [0.25, 0.3) is 0 Å². The molecule has 1 nitrogen and oxygen atoms in total. The number of hydrogen-bond acceptors (Lipinski definition) is 1. The Morgan fingerprint density at radius 2 is 1.84 bits per heavy atom. The van der Waals surface area contributed by atoms with Crippen LogP contribution >= 0.6 is 11.6 Å². The van der Waals surface area contributed by atoms with E-state index in [2.05, 4.69) is 31.2 Å². The zero-order valence-electron chi connectivity index (χ0n) is 11.0. The van der Waals surface area contributed by atoms with Gasteiger partial charge in [-0.15, -0.1) is 0 Å². The van der Waals surface area contributed by atoms with Gasteiger partial charge in [-0.05, 0) is 47.7 Å². The number of benzene rings is 2. The van der Waals surface area contributed by atoms with Crippen LogP contribution in [-0.2, 0) is 6.42 Å². The molecule has 2 rings (SSSR count). The third-order valence-corrected chi connectivity index (χ3v) is 3.46. The van der Waals surface area contributed by atoms with E-state index in [0.29, 0.717) is 10.6 Å². The summed E-state index contributed by atoms with van der Waals surface area (Å²) in [5.74, 6) is 0. The fourth-order valence-corrected chi connectivity index (χ4v) is 2.29. The Morgan fingerprint density at radius 1 is 1.11 bits per heavy atom. The first kappa shape index (κ1) is 13.8. The van der Waals surface area contributed by atoms with Gasteiger partial charge in [-0.3, -0.25) is 4.79 Å². The van der Waals surface area contributed by atoms with Crippen molar-refractivity contribution in [2.45, 2.75) is 26.2 Å². The van der Waals surface area contributed by atoms with E-state index in [1.54, 1.807) is 12.1 Å². The fraction of sp³-hybridized carbons (Fsp3) is 0.235. The van der Waals surface area contributed by atoms with E-state index in [-0.39, 0.29) is 0 Å². The molecule has 2 aromatic rings. The Labute approximate surface area is 119 Å². The first-order valence-electron chi connectivity index (χ1n) is 6.58. The smallest absolute Gasteiger partial charge is 0.150 e. The molecule has 0 unspecified atom stereocenters. The van der Waals surface area contributed by atoms with E-state index >= 15 is 0 Å². The van der Waals surface area contributed by atoms with Gasteiger partial charge in [0.05, 0.1) is 0 Å². The molecule has 0 bridgehead atoms. The summed E-state index contributed by atoms with van der Waals surface area (Å²) in [7, 11) is 0. The Hall–Kier alpha value is -1.60. The molecule has 0 aliphatic heterocycles. The number of hydrogen-bond donors (Lipinski definition) is 0. The Balaban J connectivity index is 2.31. The van der Waals surface area contributed by atoms with Crippen LogP contribution in [0.5, 0.6) is 0 Å². The molecule has 0 saturated heterocycles. The highest BCUT2D eigenvalue weighted by Crippen LogP contribution is 2.26. The molecule has 0 amide bonds. The molecular formula is C17H17ClO. The summed E-state index contributed by atoms with van der Waals surface area (Å²) in [4.78, 5) is 11.1. The third kappa shape index (κ3) is 3.45. The van der Waals surface area contributed by atoms with Gasteiger partial charge < -0.3 is 0 Å². The van der Waals surface area contributed by atoms with Crippen LogP contribution < -0.4 is 0 Å². The predicted octanol–water partition coefficient (Wildman–Crippen LogP) is 5.16. The van der Waals surface area contributed by atoms with Gasteiger partial charge in [-0.2, -0.15) is 0 Å². The van der Waals surface area contributed by atoms with Gasteiger partial charge in [-0.1, -0.05) is 49.2 Å². The van der Waals surface area contributed by atoms with Crippen LogP contribution in [0.25, 0.3) is 11.1 Å². The van der Waals surface area contributed by atoms with E-state index in [1.165, 1.54) is 18.4 Å².